The fourth-order valence-electron chi connectivity index (χ4n) is 3.66. The van der Waals surface area contributed by atoms with Gasteiger partial charge in [0.25, 0.3) is 0 Å². The number of carbonyl (C=O) groups is 1. The zero-order chi connectivity index (χ0) is 19.8. The number of aromatic nitrogens is 2. The molecule has 0 N–H and O–H groups in total. The lowest BCUT2D eigenvalue weighted by Crippen LogP contribution is -2.08. The second-order valence-corrected chi connectivity index (χ2v) is 6.85. The molecule has 5 rings (SSSR count). The Hall–Kier alpha value is -3.79. The summed E-state index contributed by atoms with van der Waals surface area (Å²) in [5.74, 6) is 0.260. The molecule has 4 aromatic carbocycles. The minimum Gasteiger partial charge on any atom is -0.425 e. The van der Waals surface area contributed by atoms with E-state index in [1.807, 2.05) is 78.9 Å². The van der Waals surface area contributed by atoms with Crippen molar-refractivity contribution < 1.29 is 9.53 Å². The predicted octanol–water partition coefficient (Wildman–Crippen LogP) is 5.92. The highest BCUT2D eigenvalue weighted by atomic mass is 16.5. The van der Waals surface area contributed by atoms with Crippen LogP contribution in [0.15, 0.2) is 78.9 Å². The van der Waals surface area contributed by atoms with Crippen molar-refractivity contribution >= 4 is 38.8 Å². The van der Waals surface area contributed by atoms with Crippen molar-refractivity contribution in [3.05, 3.63) is 78.9 Å². The molecule has 0 unspecified atom stereocenters. The van der Waals surface area contributed by atoms with Gasteiger partial charge in [0.15, 0.2) is 0 Å². The van der Waals surface area contributed by atoms with E-state index >= 15 is 0 Å². The molecule has 0 aliphatic rings. The zero-order valence-electron chi connectivity index (χ0n) is 15.9. The molecule has 0 spiro atoms. The fraction of sp³-hybridized carbons (Fsp3) is 0.0800. The Kier molecular flexibility index (Phi) is 4.17. The van der Waals surface area contributed by atoms with E-state index < -0.39 is 0 Å². The van der Waals surface area contributed by atoms with Crippen LogP contribution in [0.5, 0.6) is 5.75 Å². The third-order valence-electron chi connectivity index (χ3n) is 5.03. The summed E-state index contributed by atoms with van der Waals surface area (Å²) in [5.41, 5.74) is 4.90. The van der Waals surface area contributed by atoms with Crippen LogP contribution in [0.2, 0.25) is 0 Å². The maximum absolute atomic E-state index is 12.3. The first kappa shape index (κ1) is 17.3. The molecule has 0 fully saturated rings. The first-order valence-electron chi connectivity index (χ1n) is 9.63. The molecule has 4 nitrogen and oxygen atoms in total. The van der Waals surface area contributed by atoms with E-state index in [2.05, 4.69) is 0 Å². The van der Waals surface area contributed by atoms with Crippen molar-refractivity contribution in [3.8, 4) is 16.9 Å². The molecule has 1 aromatic heterocycles. The summed E-state index contributed by atoms with van der Waals surface area (Å²) in [5, 5.41) is 1.77. The van der Waals surface area contributed by atoms with Gasteiger partial charge in [0.1, 0.15) is 11.3 Å². The first-order chi connectivity index (χ1) is 14.3. The number of nitrogens with zero attached hydrogens (tertiary/aromatic N) is 2. The molecular formula is C25H18N2O2. The van der Waals surface area contributed by atoms with Crippen LogP contribution in [0.4, 0.5) is 0 Å². The minimum atomic E-state index is -0.277. The summed E-state index contributed by atoms with van der Waals surface area (Å²) >= 11 is 0. The average Bonchev–Trinajstić information content (AvgIpc) is 2.78. The van der Waals surface area contributed by atoms with Crippen LogP contribution in [-0.4, -0.2) is 15.9 Å². The van der Waals surface area contributed by atoms with Gasteiger partial charge in [-0.05, 0) is 17.7 Å². The fourth-order valence-corrected chi connectivity index (χ4v) is 3.66. The summed E-state index contributed by atoms with van der Waals surface area (Å²) in [7, 11) is 0. The number of hydrogen-bond donors (Lipinski definition) is 0. The Morgan fingerprint density at radius 2 is 1.34 bits per heavy atom. The van der Waals surface area contributed by atoms with Crippen LogP contribution in [0.25, 0.3) is 44.0 Å². The van der Waals surface area contributed by atoms with Crippen LogP contribution < -0.4 is 4.74 Å². The number of rotatable bonds is 3. The normalized spacial score (nSPS) is 11.2. The summed E-state index contributed by atoms with van der Waals surface area (Å²) in [4.78, 5) is 22.2. The Bertz CT molecular complexity index is 1380. The van der Waals surface area contributed by atoms with Crippen molar-refractivity contribution in [3.63, 3.8) is 0 Å². The number of esters is 1. The summed E-state index contributed by atoms with van der Waals surface area (Å²) in [6, 6.07) is 25.6. The van der Waals surface area contributed by atoms with Crippen LogP contribution in [-0.2, 0) is 4.79 Å². The Morgan fingerprint density at radius 1 is 0.759 bits per heavy atom. The van der Waals surface area contributed by atoms with Gasteiger partial charge in [-0.1, -0.05) is 73.7 Å². The smallest absolute Gasteiger partial charge is 0.310 e. The van der Waals surface area contributed by atoms with Crippen LogP contribution >= 0.6 is 0 Å². The molecule has 0 saturated carbocycles. The number of ether oxygens (including phenoxy) is 1. The van der Waals surface area contributed by atoms with Crippen molar-refractivity contribution in [2.45, 2.75) is 13.3 Å². The lowest BCUT2D eigenvalue weighted by atomic mass is 9.96. The third-order valence-corrected chi connectivity index (χ3v) is 5.03. The quantitative estimate of drug-likeness (QED) is 0.169. The summed E-state index contributed by atoms with van der Waals surface area (Å²) < 4.78 is 5.88. The molecule has 5 aromatic rings. The van der Waals surface area contributed by atoms with Gasteiger partial charge in [0.05, 0.1) is 22.1 Å². The molecule has 0 aliphatic carbocycles. The van der Waals surface area contributed by atoms with E-state index in [1.54, 1.807) is 6.92 Å². The Labute approximate surface area is 167 Å². The number of carbonyl (C=O) groups excluding carboxylic acids is 1. The number of para-hydroxylation sites is 2. The molecule has 0 saturated heterocycles. The van der Waals surface area contributed by atoms with E-state index in [9.17, 15) is 4.79 Å². The first-order valence-corrected chi connectivity index (χ1v) is 9.63. The van der Waals surface area contributed by atoms with Crippen LogP contribution in [0, 0.1) is 0 Å². The van der Waals surface area contributed by atoms with Crippen LogP contribution in [0.1, 0.15) is 13.3 Å². The molecule has 29 heavy (non-hydrogen) atoms. The van der Waals surface area contributed by atoms with Crippen LogP contribution in [0.3, 0.4) is 0 Å². The second-order valence-electron chi connectivity index (χ2n) is 6.85. The van der Waals surface area contributed by atoms with E-state index in [-0.39, 0.29) is 5.97 Å². The molecule has 0 atom stereocenters. The zero-order valence-corrected chi connectivity index (χ0v) is 15.9. The summed E-state index contributed by atoms with van der Waals surface area (Å²) in [6.45, 7) is 1.79. The predicted molar refractivity (Wildman–Crippen MR) is 116 cm³/mol. The van der Waals surface area contributed by atoms with Gasteiger partial charge < -0.3 is 4.74 Å². The van der Waals surface area contributed by atoms with Gasteiger partial charge >= 0.3 is 5.97 Å². The van der Waals surface area contributed by atoms with E-state index in [1.165, 1.54) is 0 Å². The molecule has 0 radical (unpaired) electrons. The average molecular weight is 378 g/mol. The molecule has 140 valence electrons. The van der Waals surface area contributed by atoms with Gasteiger partial charge in [0.2, 0.25) is 0 Å². The van der Waals surface area contributed by atoms with E-state index in [0.717, 1.165) is 44.0 Å². The SMILES string of the molecule is CCC(=O)Oc1c(-c2ccccc2)c2nc3ccccc3nc2c2ccccc12. The van der Waals surface area contributed by atoms with Gasteiger partial charge in [-0.2, -0.15) is 0 Å². The highest BCUT2D eigenvalue weighted by Gasteiger charge is 2.21. The minimum absolute atomic E-state index is 0.277. The van der Waals surface area contributed by atoms with Crippen molar-refractivity contribution in [2.75, 3.05) is 0 Å². The van der Waals surface area contributed by atoms with Crippen molar-refractivity contribution in [1.82, 2.24) is 9.97 Å². The van der Waals surface area contributed by atoms with Gasteiger partial charge in [-0.3, -0.25) is 4.79 Å². The second kappa shape index (κ2) is 6.99. The molecule has 4 heteroatoms. The van der Waals surface area contributed by atoms with E-state index in [4.69, 9.17) is 14.7 Å². The highest BCUT2D eigenvalue weighted by molar-refractivity contribution is 6.16. The maximum Gasteiger partial charge on any atom is 0.310 e. The van der Waals surface area contributed by atoms with Gasteiger partial charge in [-0.15, -0.1) is 0 Å². The molecular weight excluding hydrogens is 360 g/mol. The lowest BCUT2D eigenvalue weighted by Gasteiger charge is -2.16. The topological polar surface area (TPSA) is 52.1 Å². The number of benzene rings is 4. The Balaban J connectivity index is 2.01. The molecule has 0 bridgehead atoms. The highest BCUT2D eigenvalue weighted by Crippen LogP contribution is 2.43. The maximum atomic E-state index is 12.3. The molecule has 0 aliphatic heterocycles. The summed E-state index contributed by atoms with van der Waals surface area (Å²) in [6.07, 6.45) is 0.296. The third kappa shape index (κ3) is 2.90. The van der Waals surface area contributed by atoms with Crippen molar-refractivity contribution in [2.24, 2.45) is 0 Å². The Morgan fingerprint density at radius 3 is 2.03 bits per heavy atom. The standard InChI is InChI=1S/C25H18N2O2/c1-2-21(28)29-25-18-13-7-6-12-17(18)23-24(22(25)16-10-4-3-5-11-16)27-20-15-9-8-14-19(20)26-23/h3-15H,2H2,1H3. The molecule has 1 heterocycles. The number of hydrogen-bond acceptors (Lipinski definition) is 4. The lowest BCUT2D eigenvalue weighted by molar-refractivity contribution is -0.133. The molecule has 0 amide bonds. The largest absolute Gasteiger partial charge is 0.425 e. The van der Waals surface area contributed by atoms with Gasteiger partial charge in [-0.25, -0.2) is 9.97 Å². The van der Waals surface area contributed by atoms with E-state index in [0.29, 0.717) is 12.2 Å². The van der Waals surface area contributed by atoms with Crippen molar-refractivity contribution in [1.29, 1.82) is 0 Å². The van der Waals surface area contributed by atoms with Gasteiger partial charge in [0, 0.05) is 17.2 Å². The monoisotopic (exact) mass is 378 g/mol. The number of fused-ring (bicyclic) bond motifs is 4.